The van der Waals surface area contributed by atoms with Crippen LogP contribution in [0, 0.1) is 26.2 Å². The number of aryl methyl sites for hydroxylation is 4. The van der Waals surface area contributed by atoms with Gasteiger partial charge in [-0.25, -0.2) is 0 Å². The number of hydrogen-bond donors (Lipinski definition) is 0. The lowest BCUT2D eigenvalue weighted by atomic mass is 9.74. The van der Waals surface area contributed by atoms with Crippen molar-refractivity contribution in [2.75, 3.05) is 19.5 Å². The Kier molecular flexibility index (Phi) is 8.07. The van der Waals surface area contributed by atoms with E-state index >= 15 is 0 Å². The maximum Gasteiger partial charge on any atom is 0.264 e. The van der Waals surface area contributed by atoms with E-state index in [-0.39, 0.29) is 12.4 Å². The second-order valence-electron chi connectivity index (χ2n) is 10.00. The van der Waals surface area contributed by atoms with Crippen LogP contribution in [-0.2, 0) is 33.6 Å². The summed E-state index contributed by atoms with van der Waals surface area (Å²) in [5.41, 5.74) is 6.21. The van der Waals surface area contributed by atoms with Gasteiger partial charge in [0.2, 0.25) is 0 Å². The van der Waals surface area contributed by atoms with Crippen molar-refractivity contribution < 1.29 is 22.1 Å². The first-order valence-corrected chi connectivity index (χ1v) is 14.2. The molecule has 0 saturated heterocycles. The van der Waals surface area contributed by atoms with Crippen LogP contribution in [0.3, 0.4) is 0 Å². The predicted octanol–water partition coefficient (Wildman–Crippen LogP) is 5.75. The highest BCUT2D eigenvalue weighted by Gasteiger charge is 2.31. The Morgan fingerprint density at radius 3 is 2.39 bits per heavy atom. The van der Waals surface area contributed by atoms with Crippen LogP contribution in [0.1, 0.15) is 75.5 Å². The number of ether oxygens (including phenoxy) is 1. The van der Waals surface area contributed by atoms with Gasteiger partial charge in [0, 0.05) is 17.7 Å². The van der Waals surface area contributed by atoms with Crippen LogP contribution in [0.15, 0.2) is 12.1 Å². The standard InChI is InChI=1S/C26H36O5S2/c1-17-14-20(15-18(2)24(17)30-12-7-13-31-33(6,28)29)8-9-23(27)25-21-10-11-26(4,5)16-22(21)19(3)32-25/h14-15H,7-13,16H2,1-6H3. The molecular weight excluding hydrogens is 456 g/mol. The van der Waals surface area contributed by atoms with Gasteiger partial charge in [0.15, 0.2) is 5.78 Å². The molecule has 1 aromatic carbocycles. The van der Waals surface area contributed by atoms with E-state index in [0.29, 0.717) is 31.3 Å². The molecule has 0 fully saturated rings. The van der Waals surface area contributed by atoms with Gasteiger partial charge < -0.3 is 4.74 Å². The number of benzene rings is 1. The lowest BCUT2D eigenvalue weighted by Gasteiger charge is -2.30. The average molecular weight is 493 g/mol. The minimum atomic E-state index is -3.42. The molecule has 0 aliphatic heterocycles. The van der Waals surface area contributed by atoms with Crippen LogP contribution in [0.4, 0.5) is 0 Å². The first kappa shape index (κ1) is 25.9. The number of carbonyl (C=O) groups is 1. The highest BCUT2D eigenvalue weighted by molar-refractivity contribution is 7.85. The molecule has 1 aliphatic rings. The Balaban J connectivity index is 1.59. The van der Waals surface area contributed by atoms with Crippen LogP contribution in [0.5, 0.6) is 5.75 Å². The van der Waals surface area contributed by atoms with E-state index in [9.17, 15) is 13.2 Å². The first-order valence-electron chi connectivity index (χ1n) is 11.6. The summed E-state index contributed by atoms with van der Waals surface area (Å²) >= 11 is 1.68. The zero-order valence-corrected chi connectivity index (χ0v) is 22.3. The number of hydrogen-bond acceptors (Lipinski definition) is 6. The quantitative estimate of drug-likeness (QED) is 0.240. The molecule has 3 rings (SSSR count). The maximum absolute atomic E-state index is 13.1. The largest absolute Gasteiger partial charge is 0.493 e. The molecule has 0 saturated carbocycles. The molecule has 0 radical (unpaired) electrons. The van der Waals surface area contributed by atoms with Gasteiger partial charge in [-0.15, -0.1) is 11.3 Å². The topological polar surface area (TPSA) is 69.7 Å². The van der Waals surface area contributed by atoms with Gasteiger partial charge in [-0.1, -0.05) is 26.0 Å². The van der Waals surface area contributed by atoms with Gasteiger partial charge in [0.05, 0.1) is 24.3 Å². The smallest absolute Gasteiger partial charge is 0.264 e. The molecule has 5 nitrogen and oxygen atoms in total. The van der Waals surface area contributed by atoms with Gasteiger partial charge >= 0.3 is 0 Å². The summed E-state index contributed by atoms with van der Waals surface area (Å²) < 4.78 is 32.7. The van der Waals surface area contributed by atoms with Crippen molar-refractivity contribution in [1.29, 1.82) is 0 Å². The fraction of sp³-hybridized carbons (Fsp3) is 0.577. The number of fused-ring (bicyclic) bond motifs is 1. The number of Topliss-reactive ketones (excluding diaryl/α,β-unsaturated/α-hetero) is 1. The van der Waals surface area contributed by atoms with E-state index in [1.54, 1.807) is 11.3 Å². The molecule has 2 aromatic rings. The summed E-state index contributed by atoms with van der Waals surface area (Å²) in [5, 5.41) is 0. The highest BCUT2D eigenvalue weighted by Crippen LogP contribution is 2.41. The Labute approximate surface area is 202 Å². The van der Waals surface area contributed by atoms with Crippen molar-refractivity contribution in [3.8, 4) is 5.75 Å². The summed E-state index contributed by atoms with van der Waals surface area (Å²) in [6, 6.07) is 4.17. The Hall–Kier alpha value is -1.70. The Morgan fingerprint density at radius 2 is 1.76 bits per heavy atom. The fourth-order valence-electron chi connectivity index (χ4n) is 4.60. The molecule has 0 N–H and O–H groups in total. The van der Waals surface area contributed by atoms with E-state index < -0.39 is 10.1 Å². The van der Waals surface area contributed by atoms with E-state index in [0.717, 1.165) is 52.8 Å². The number of ketones is 1. The van der Waals surface area contributed by atoms with Gasteiger partial charge in [-0.05, 0) is 79.7 Å². The third-order valence-electron chi connectivity index (χ3n) is 6.27. The molecule has 1 heterocycles. The minimum absolute atomic E-state index is 0.112. The van der Waals surface area contributed by atoms with Crippen molar-refractivity contribution in [2.24, 2.45) is 5.41 Å². The predicted molar refractivity (Wildman–Crippen MR) is 134 cm³/mol. The number of carbonyl (C=O) groups excluding carboxylic acids is 1. The lowest BCUT2D eigenvalue weighted by Crippen LogP contribution is -2.22. The molecule has 0 amide bonds. The van der Waals surface area contributed by atoms with Crippen molar-refractivity contribution in [1.82, 2.24) is 0 Å². The maximum atomic E-state index is 13.1. The van der Waals surface area contributed by atoms with Crippen LogP contribution in [0.2, 0.25) is 0 Å². The van der Waals surface area contributed by atoms with Gasteiger partial charge in [0.1, 0.15) is 5.75 Å². The summed E-state index contributed by atoms with van der Waals surface area (Å²) in [6.45, 7) is 11.3. The average Bonchev–Trinajstić information content (AvgIpc) is 3.01. The fourth-order valence-corrected chi connectivity index (χ4v) is 6.21. The summed E-state index contributed by atoms with van der Waals surface area (Å²) in [6.07, 6.45) is 5.96. The summed E-state index contributed by atoms with van der Waals surface area (Å²) in [5.74, 6) is 1.07. The molecule has 7 heteroatoms. The molecule has 0 bridgehead atoms. The third kappa shape index (κ3) is 6.90. The van der Waals surface area contributed by atoms with E-state index in [1.807, 2.05) is 13.8 Å². The molecular formula is C26H36O5S2. The third-order valence-corrected chi connectivity index (χ3v) is 8.10. The van der Waals surface area contributed by atoms with Crippen LogP contribution < -0.4 is 4.74 Å². The van der Waals surface area contributed by atoms with Gasteiger partial charge in [-0.3, -0.25) is 8.98 Å². The van der Waals surface area contributed by atoms with E-state index in [1.165, 1.54) is 16.0 Å². The number of thiophene rings is 1. The molecule has 1 aliphatic carbocycles. The van der Waals surface area contributed by atoms with E-state index in [4.69, 9.17) is 8.92 Å². The van der Waals surface area contributed by atoms with Crippen molar-refractivity contribution >= 4 is 27.2 Å². The normalized spacial score (nSPS) is 15.3. The minimum Gasteiger partial charge on any atom is -0.493 e. The second kappa shape index (κ2) is 10.3. The van der Waals surface area contributed by atoms with Gasteiger partial charge in [0.25, 0.3) is 10.1 Å². The van der Waals surface area contributed by atoms with Crippen LogP contribution >= 0.6 is 11.3 Å². The summed E-state index contributed by atoms with van der Waals surface area (Å²) in [7, 11) is -3.42. The van der Waals surface area contributed by atoms with E-state index in [2.05, 4.69) is 32.9 Å². The zero-order chi connectivity index (χ0) is 24.4. The van der Waals surface area contributed by atoms with Crippen LogP contribution in [-0.4, -0.2) is 33.7 Å². The number of rotatable bonds is 10. The zero-order valence-electron chi connectivity index (χ0n) is 20.7. The summed E-state index contributed by atoms with van der Waals surface area (Å²) in [4.78, 5) is 15.4. The molecule has 1 aromatic heterocycles. The highest BCUT2D eigenvalue weighted by atomic mass is 32.2. The van der Waals surface area contributed by atoms with Crippen molar-refractivity contribution in [3.63, 3.8) is 0 Å². The first-order chi connectivity index (χ1) is 15.4. The van der Waals surface area contributed by atoms with Crippen molar-refractivity contribution in [3.05, 3.63) is 49.7 Å². The molecule has 33 heavy (non-hydrogen) atoms. The Bertz CT molecular complexity index is 1100. The second-order valence-corrected chi connectivity index (χ2v) is 12.9. The Morgan fingerprint density at radius 1 is 1.09 bits per heavy atom. The monoisotopic (exact) mass is 492 g/mol. The SMILES string of the molecule is Cc1cc(CCC(=O)c2sc(C)c3c2CCC(C)(C)C3)cc(C)c1OCCCOS(C)(=O)=O. The molecule has 0 atom stereocenters. The molecule has 0 spiro atoms. The molecule has 0 unspecified atom stereocenters. The van der Waals surface area contributed by atoms with Crippen molar-refractivity contribution in [2.45, 2.75) is 73.1 Å². The lowest BCUT2D eigenvalue weighted by molar-refractivity contribution is 0.0985. The molecule has 182 valence electrons. The van der Waals surface area contributed by atoms with Crippen LogP contribution in [0.25, 0.3) is 0 Å². The van der Waals surface area contributed by atoms with Gasteiger partial charge in [-0.2, -0.15) is 8.42 Å².